The number of carboxylic acids is 1. The summed E-state index contributed by atoms with van der Waals surface area (Å²) in [7, 11) is 0. The van der Waals surface area contributed by atoms with Gasteiger partial charge in [0.25, 0.3) is 0 Å². The summed E-state index contributed by atoms with van der Waals surface area (Å²) in [4.78, 5) is 15.2. The zero-order valence-electron chi connectivity index (χ0n) is 16.0. The smallest absolute Gasteiger partial charge is 0.341 e. The number of hydrogen-bond acceptors (Lipinski definition) is 6. The van der Waals surface area contributed by atoms with Crippen molar-refractivity contribution in [1.29, 1.82) is 0 Å². The van der Waals surface area contributed by atoms with Crippen molar-refractivity contribution in [2.75, 3.05) is 12.3 Å². The van der Waals surface area contributed by atoms with Gasteiger partial charge in [-0.25, -0.2) is 9.78 Å². The third-order valence-electron chi connectivity index (χ3n) is 4.69. The van der Waals surface area contributed by atoms with Gasteiger partial charge in [0.1, 0.15) is 17.0 Å². The van der Waals surface area contributed by atoms with E-state index < -0.39 is 5.97 Å². The van der Waals surface area contributed by atoms with Crippen molar-refractivity contribution in [3.8, 4) is 16.9 Å². The maximum Gasteiger partial charge on any atom is 0.341 e. The Morgan fingerprint density at radius 3 is 2.83 bits per heavy atom. The molecule has 8 nitrogen and oxygen atoms in total. The fourth-order valence-corrected chi connectivity index (χ4v) is 3.43. The lowest BCUT2D eigenvalue weighted by Crippen LogP contribution is -2.09. The Morgan fingerprint density at radius 2 is 2.10 bits per heavy atom. The molecule has 148 valence electrons. The molecular formula is C21H20N4O4. The minimum Gasteiger partial charge on any atom is -0.482 e. The molecule has 0 bridgehead atoms. The molecule has 0 saturated carbocycles. The Morgan fingerprint density at radius 1 is 1.28 bits per heavy atom. The molecule has 0 aliphatic carbocycles. The molecule has 0 unspecified atom stereocenters. The van der Waals surface area contributed by atoms with E-state index in [1.54, 1.807) is 12.4 Å². The largest absolute Gasteiger partial charge is 0.482 e. The summed E-state index contributed by atoms with van der Waals surface area (Å²) in [6.07, 6.45) is 1.74. The number of ether oxygens (including phenoxy) is 1. The van der Waals surface area contributed by atoms with Gasteiger partial charge in [0.15, 0.2) is 6.61 Å². The maximum atomic E-state index is 10.7. The normalized spacial score (nSPS) is 11.1. The van der Waals surface area contributed by atoms with Crippen LogP contribution in [0.15, 0.2) is 47.2 Å². The van der Waals surface area contributed by atoms with Crippen molar-refractivity contribution < 1.29 is 19.2 Å². The van der Waals surface area contributed by atoms with Gasteiger partial charge >= 0.3 is 5.97 Å². The minimum atomic E-state index is -1.02. The minimum absolute atomic E-state index is 0.380. The molecule has 2 aromatic heterocycles. The number of fused-ring (bicyclic) bond motifs is 1. The number of nitrogens with two attached hydrogens (primary N) is 1. The monoisotopic (exact) mass is 392 g/mol. The number of imidazole rings is 1. The summed E-state index contributed by atoms with van der Waals surface area (Å²) in [6.45, 7) is 3.92. The number of rotatable bonds is 6. The van der Waals surface area contributed by atoms with E-state index in [-0.39, 0.29) is 6.61 Å². The molecule has 0 radical (unpaired) electrons. The highest BCUT2D eigenvalue weighted by molar-refractivity contribution is 5.92. The number of benzene rings is 2. The third-order valence-corrected chi connectivity index (χ3v) is 4.69. The lowest BCUT2D eigenvalue weighted by atomic mass is 10.0. The number of anilines is 1. The van der Waals surface area contributed by atoms with E-state index in [9.17, 15) is 4.79 Å². The van der Waals surface area contributed by atoms with E-state index in [0.29, 0.717) is 18.0 Å². The Hall–Kier alpha value is -3.81. The first-order valence-corrected chi connectivity index (χ1v) is 9.03. The van der Waals surface area contributed by atoms with E-state index in [1.165, 1.54) is 0 Å². The molecule has 4 rings (SSSR count). The van der Waals surface area contributed by atoms with Gasteiger partial charge in [-0.05, 0) is 49.2 Å². The van der Waals surface area contributed by atoms with Crippen LogP contribution < -0.4 is 10.5 Å². The molecule has 3 N–H and O–H groups in total. The molecule has 4 aromatic rings. The Balaban J connectivity index is 1.70. The maximum absolute atomic E-state index is 10.7. The first-order chi connectivity index (χ1) is 13.9. The number of nitrogen functional groups attached to an aromatic ring is 1. The zero-order chi connectivity index (χ0) is 20.5. The average molecular weight is 392 g/mol. The van der Waals surface area contributed by atoms with Gasteiger partial charge in [-0.1, -0.05) is 17.3 Å². The first kappa shape index (κ1) is 18.5. The van der Waals surface area contributed by atoms with Crippen LogP contribution in [0.25, 0.3) is 22.2 Å². The number of aromatic nitrogens is 3. The standard InChI is InChI=1S/C21H20N4O4/c1-12-20(13(2)29-24-12)15-7-17(22)21-18(8-15)25(11-23-21)9-14-4-3-5-16(6-14)28-10-19(26)27/h3-8,11H,9-10,22H2,1-2H3,(H,26,27). The van der Waals surface area contributed by atoms with Crippen LogP contribution in [0.3, 0.4) is 0 Å². The average Bonchev–Trinajstić information content (AvgIpc) is 3.23. The van der Waals surface area contributed by atoms with Gasteiger partial charge in [0.2, 0.25) is 0 Å². The van der Waals surface area contributed by atoms with Crippen molar-refractivity contribution in [3.05, 3.63) is 59.7 Å². The number of hydrogen-bond donors (Lipinski definition) is 2. The van der Waals surface area contributed by atoms with Gasteiger partial charge in [-0.3, -0.25) is 0 Å². The van der Waals surface area contributed by atoms with E-state index in [2.05, 4.69) is 10.1 Å². The summed E-state index contributed by atoms with van der Waals surface area (Å²) in [5, 5.41) is 12.8. The zero-order valence-corrected chi connectivity index (χ0v) is 16.0. The van der Waals surface area contributed by atoms with Crippen molar-refractivity contribution >= 4 is 22.7 Å². The fraction of sp³-hybridized carbons (Fsp3) is 0.190. The first-order valence-electron chi connectivity index (χ1n) is 9.03. The lowest BCUT2D eigenvalue weighted by Gasteiger charge is -2.09. The van der Waals surface area contributed by atoms with E-state index in [4.69, 9.17) is 20.1 Å². The molecule has 0 aliphatic heterocycles. The van der Waals surface area contributed by atoms with Gasteiger partial charge in [-0.2, -0.15) is 0 Å². The van der Waals surface area contributed by atoms with Crippen LogP contribution in [-0.2, 0) is 11.3 Å². The van der Waals surface area contributed by atoms with Crippen molar-refractivity contribution in [2.45, 2.75) is 20.4 Å². The summed E-state index contributed by atoms with van der Waals surface area (Å²) in [5.74, 6) is 0.221. The van der Waals surface area contributed by atoms with Crippen molar-refractivity contribution in [2.24, 2.45) is 0 Å². The number of aryl methyl sites for hydroxylation is 2. The molecule has 2 aromatic carbocycles. The SMILES string of the molecule is Cc1noc(C)c1-c1cc(N)c2ncn(Cc3cccc(OCC(=O)O)c3)c2c1. The molecule has 0 amide bonds. The van der Waals surface area contributed by atoms with Crippen LogP contribution in [0, 0.1) is 13.8 Å². The van der Waals surface area contributed by atoms with Crippen LogP contribution >= 0.6 is 0 Å². The van der Waals surface area contributed by atoms with Crippen LogP contribution in [0.1, 0.15) is 17.0 Å². The predicted octanol–water partition coefficient (Wildman–Crippen LogP) is 3.40. The number of carbonyl (C=O) groups is 1. The van der Waals surface area contributed by atoms with E-state index in [0.717, 1.165) is 39.2 Å². The summed E-state index contributed by atoms with van der Waals surface area (Å²) >= 11 is 0. The Bertz CT molecular complexity index is 1190. The van der Waals surface area contributed by atoms with Crippen LogP contribution in [0.2, 0.25) is 0 Å². The molecule has 0 saturated heterocycles. The molecular weight excluding hydrogens is 372 g/mol. The molecule has 0 aliphatic rings. The van der Waals surface area contributed by atoms with Gasteiger partial charge in [-0.15, -0.1) is 0 Å². The Labute approximate surface area is 166 Å². The molecule has 8 heteroatoms. The van der Waals surface area contributed by atoms with Crippen LogP contribution in [0.5, 0.6) is 5.75 Å². The molecule has 0 atom stereocenters. The highest BCUT2D eigenvalue weighted by Gasteiger charge is 2.15. The second-order valence-corrected chi connectivity index (χ2v) is 6.83. The second-order valence-electron chi connectivity index (χ2n) is 6.83. The summed E-state index contributed by atoms with van der Waals surface area (Å²) in [5.41, 5.74) is 12.0. The number of aliphatic carboxylic acids is 1. The summed E-state index contributed by atoms with van der Waals surface area (Å²) in [6, 6.07) is 11.2. The quantitative estimate of drug-likeness (QED) is 0.483. The fourth-order valence-electron chi connectivity index (χ4n) is 3.43. The molecule has 29 heavy (non-hydrogen) atoms. The van der Waals surface area contributed by atoms with Crippen LogP contribution in [-0.4, -0.2) is 32.4 Å². The van der Waals surface area contributed by atoms with Gasteiger partial charge < -0.3 is 24.7 Å². The highest BCUT2D eigenvalue weighted by atomic mass is 16.5. The van der Waals surface area contributed by atoms with E-state index in [1.807, 2.05) is 48.7 Å². The second kappa shape index (κ2) is 7.31. The highest BCUT2D eigenvalue weighted by Crippen LogP contribution is 2.32. The van der Waals surface area contributed by atoms with Crippen molar-refractivity contribution in [3.63, 3.8) is 0 Å². The predicted molar refractivity (Wildman–Crippen MR) is 108 cm³/mol. The molecule has 0 spiro atoms. The molecule has 2 heterocycles. The van der Waals surface area contributed by atoms with Gasteiger partial charge in [0.05, 0.1) is 23.2 Å². The topological polar surface area (TPSA) is 116 Å². The summed E-state index contributed by atoms with van der Waals surface area (Å²) < 4.78 is 12.5. The Kier molecular flexibility index (Phi) is 4.67. The van der Waals surface area contributed by atoms with E-state index >= 15 is 0 Å². The van der Waals surface area contributed by atoms with Gasteiger partial charge in [0, 0.05) is 12.1 Å². The molecule has 0 fully saturated rings. The number of nitrogens with zero attached hydrogens (tertiary/aromatic N) is 3. The lowest BCUT2D eigenvalue weighted by molar-refractivity contribution is -0.139. The van der Waals surface area contributed by atoms with Crippen molar-refractivity contribution in [1.82, 2.24) is 14.7 Å². The number of carboxylic acid groups (broad SMARTS) is 1. The van der Waals surface area contributed by atoms with Crippen LogP contribution in [0.4, 0.5) is 5.69 Å². The third kappa shape index (κ3) is 3.64.